The highest BCUT2D eigenvalue weighted by atomic mass is 15.0. The maximum Gasteiger partial charge on any atom is 0.0319 e. The van der Waals surface area contributed by atoms with E-state index in [2.05, 4.69) is 24.6 Å². The fourth-order valence-electron chi connectivity index (χ4n) is 2.44. The van der Waals surface area contributed by atoms with Crippen molar-refractivity contribution in [2.24, 2.45) is 0 Å². The lowest BCUT2D eigenvalue weighted by atomic mass is 9.83. The van der Waals surface area contributed by atoms with Gasteiger partial charge in [-0.1, -0.05) is 29.9 Å². The van der Waals surface area contributed by atoms with Crippen LogP contribution in [0.3, 0.4) is 0 Å². The minimum atomic E-state index is 0.579. The first-order valence-electron chi connectivity index (χ1n) is 5.52. The average Bonchev–Trinajstić information content (AvgIpc) is 2.17. The van der Waals surface area contributed by atoms with Crippen LogP contribution >= 0.6 is 0 Å². The van der Waals surface area contributed by atoms with E-state index in [1.165, 1.54) is 24.8 Å². The minimum Gasteiger partial charge on any atom is -0.307 e. The first-order chi connectivity index (χ1) is 6.79. The third-order valence-electron chi connectivity index (χ3n) is 3.26. The van der Waals surface area contributed by atoms with Crippen LogP contribution in [0.4, 0.5) is 0 Å². The first-order valence-corrected chi connectivity index (χ1v) is 5.52. The molecule has 2 rings (SSSR count). The predicted octanol–water partition coefficient (Wildman–Crippen LogP) is 2.96. The normalized spacial score (nSPS) is 32.0. The average molecular weight is 189 g/mol. The third kappa shape index (κ3) is 1.98. The molecule has 1 N–H and O–H groups in total. The zero-order valence-corrected chi connectivity index (χ0v) is 8.76. The van der Waals surface area contributed by atoms with Crippen LogP contribution in [0.5, 0.6) is 0 Å². The van der Waals surface area contributed by atoms with Crippen LogP contribution in [-0.2, 0) is 0 Å². The van der Waals surface area contributed by atoms with Crippen LogP contribution in [0.15, 0.2) is 36.5 Å². The fraction of sp³-hybridized carbons (Fsp3) is 0.538. The zero-order chi connectivity index (χ0) is 9.97. The first kappa shape index (κ1) is 9.72. The van der Waals surface area contributed by atoms with Crippen molar-refractivity contribution >= 4 is 0 Å². The SMILES string of the molecule is C=CC[C@H]1CC=C2CCC(=C)C[C@H]2N1. The summed E-state index contributed by atoms with van der Waals surface area (Å²) >= 11 is 0. The lowest BCUT2D eigenvalue weighted by molar-refractivity contribution is 0.409. The Morgan fingerprint density at radius 1 is 1.50 bits per heavy atom. The Morgan fingerprint density at radius 2 is 2.36 bits per heavy atom. The second-order valence-electron chi connectivity index (χ2n) is 4.41. The van der Waals surface area contributed by atoms with Crippen LogP contribution in [0.2, 0.25) is 0 Å². The van der Waals surface area contributed by atoms with Crippen LogP contribution < -0.4 is 5.32 Å². The van der Waals surface area contributed by atoms with E-state index in [1.807, 2.05) is 6.08 Å². The van der Waals surface area contributed by atoms with Gasteiger partial charge in [0.2, 0.25) is 0 Å². The summed E-state index contributed by atoms with van der Waals surface area (Å²) in [4.78, 5) is 0. The second kappa shape index (κ2) is 4.14. The zero-order valence-electron chi connectivity index (χ0n) is 8.76. The molecule has 0 saturated heterocycles. The molecule has 14 heavy (non-hydrogen) atoms. The molecule has 2 atom stereocenters. The Hall–Kier alpha value is -0.820. The molecule has 2 aliphatic rings. The summed E-state index contributed by atoms with van der Waals surface area (Å²) in [6.07, 6.45) is 10.2. The summed E-state index contributed by atoms with van der Waals surface area (Å²) < 4.78 is 0. The summed E-state index contributed by atoms with van der Waals surface area (Å²) in [5, 5.41) is 3.69. The molecule has 0 amide bonds. The van der Waals surface area contributed by atoms with Crippen LogP contribution in [0.1, 0.15) is 32.1 Å². The Morgan fingerprint density at radius 3 is 3.14 bits per heavy atom. The van der Waals surface area contributed by atoms with Crippen molar-refractivity contribution in [3.05, 3.63) is 36.5 Å². The largest absolute Gasteiger partial charge is 0.307 e. The Labute approximate surface area is 86.6 Å². The molecular formula is C13H19N. The van der Waals surface area contributed by atoms with Gasteiger partial charge in [-0.2, -0.15) is 0 Å². The van der Waals surface area contributed by atoms with Crippen molar-refractivity contribution < 1.29 is 0 Å². The van der Waals surface area contributed by atoms with Crippen molar-refractivity contribution in [3.63, 3.8) is 0 Å². The molecule has 0 unspecified atom stereocenters. The minimum absolute atomic E-state index is 0.579. The van der Waals surface area contributed by atoms with Crippen molar-refractivity contribution in [3.8, 4) is 0 Å². The smallest absolute Gasteiger partial charge is 0.0319 e. The van der Waals surface area contributed by atoms with Gasteiger partial charge in [-0.05, 0) is 32.1 Å². The fourth-order valence-corrected chi connectivity index (χ4v) is 2.44. The molecule has 1 saturated carbocycles. The molecule has 0 aromatic rings. The van der Waals surface area contributed by atoms with E-state index in [1.54, 1.807) is 5.57 Å². The molecular weight excluding hydrogens is 170 g/mol. The van der Waals surface area contributed by atoms with Crippen LogP contribution in [0, 0.1) is 0 Å². The number of fused-ring (bicyclic) bond motifs is 1. The Balaban J connectivity index is 2.03. The molecule has 1 fully saturated rings. The van der Waals surface area contributed by atoms with Crippen molar-refractivity contribution in [1.82, 2.24) is 5.32 Å². The van der Waals surface area contributed by atoms with E-state index in [0.717, 1.165) is 12.8 Å². The van der Waals surface area contributed by atoms with Gasteiger partial charge in [-0.25, -0.2) is 0 Å². The van der Waals surface area contributed by atoms with E-state index >= 15 is 0 Å². The van der Waals surface area contributed by atoms with E-state index in [4.69, 9.17) is 0 Å². The molecule has 1 heterocycles. The lowest BCUT2D eigenvalue weighted by Gasteiger charge is -2.35. The van der Waals surface area contributed by atoms with E-state index in [0.29, 0.717) is 12.1 Å². The number of hydrogen-bond donors (Lipinski definition) is 1. The summed E-state index contributed by atoms with van der Waals surface area (Å²) in [7, 11) is 0. The quantitative estimate of drug-likeness (QED) is 0.658. The van der Waals surface area contributed by atoms with Crippen LogP contribution in [-0.4, -0.2) is 12.1 Å². The van der Waals surface area contributed by atoms with Crippen molar-refractivity contribution in [1.29, 1.82) is 0 Å². The molecule has 1 heteroatoms. The molecule has 76 valence electrons. The number of hydrogen-bond acceptors (Lipinski definition) is 1. The van der Waals surface area contributed by atoms with Gasteiger partial charge in [0.15, 0.2) is 0 Å². The van der Waals surface area contributed by atoms with Gasteiger partial charge >= 0.3 is 0 Å². The molecule has 0 spiro atoms. The number of rotatable bonds is 2. The summed E-state index contributed by atoms with van der Waals surface area (Å²) in [5.74, 6) is 0. The lowest BCUT2D eigenvalue weighted by Crippen LogP contribution is -2.43. The predicted molar refractivity (Wildman–Crippen MR) is 61.2 cm³/mol. The summed E-state index contributed by atoms with van der Waals surface area (Å²) in [6.45, 7) is 7.88. The highest BCUT2D eigenvalue weighted by Gasteiger charge is 2.25. The monoisotopic (exact) mass is 189 g/mol. The topological polar surface area (TPSA) is 12.0 Å². The summed E-state index contributed by atoms with van der Waals surface area (Å²) in [5.41, 5.74) is 3.01. The van der Waals surface area contributed by atoms with Crippen LogP contribution in [0.25, 0.3) is 0 Å². The maximum atomic E-state index is 4.09. The molecule has 0 bridgehead atoms. The Kier molecular flexibility index (Phi) is 2.87. The second-order valence-corrected chi connectivity index (χ2v) is 4.41. The Bertz CT molecular complexity index is 275. The molecule has 0 aromatic carbocycles. The van der Waals surface area contributed by atoms with Crippen molar-refractivity contribution in [2.75, 3.05) is 0 Å². The van der Waals surface area contributed by atoms with E-state index in [-0.39, 0.29) is 0 Å². The van der Waals surface area contributed by atoms with Gasteiger partial charge in [0.1, 0.15) is 0 Å². The molecule has 1 nitrogen and oxygen atoms in total. The van der Waals surface area contributed by atoms with Gasteiger partial charge in [-0.15, -0.1) is 6.58 Å². The number of nitrogens with one attached hydrogen (secondary N) is 1. The molecule has 0 radical (unpaired) electrons. The van der Waals surface area contributed by atoms with Gasteiger partial charge in [-0.3, -0.25) is 0 Å². The van der Waals surface area contributed by atoms with E-state index in [9.17, 15) is 0 Å². The maximum absolute atomic E-state index is 4.09. The van der Waals surface area contributed by atoms with Gasteiger partial charge < -0.3 is 5.32 Å². The third-order valence-corrected chi connectivity index (χ3v) is 3.26. The van der Waals surface area contributed by atoms with Crippen molar-refractivity contribution in [2.45, 2.75) is 44.2 Å². The van der Waals surface area contributed by atoms with Gasteiger partial charge in [0.05, 0.1) is 0 Å². The van der Waals surface area contributed by atoms with E-state index < -0.39 is 0 Å². The highest BCUT2D eigenvalue weighted by Crippen LogP contribution is 2.30. The van der Waals surface area contributed by atoms with Gasteiger partial charge in [0, 0.05) is 12.1 Å². The molecule has 1 aliphatic carbocycles. The standard InChI is InChI=1S/C13H19N/c1-3-4-12-8-7-11-6-5-10(2)9-13(11)14-12/h3,7,12-14H,1-2,4-6,8-9H2/t12-,13+/m0/s1. The molecule has 0 aromatic heterocycles. The van der Waals surface area contributed by atoms with Gasteiger partial charge in [0.25, 0.3) is 0 Å². The highest BCUT2D eigenvalue weighted by molar-refractivity contribution is 5.24. The summed E-state index contributed by atoms with van der Waals surface area (Å²) in [6, 6.07) is 1.18. The molecule has 1 aliphatic heterocycles.